The van der Waals surface area contributed by atoms with Gasteiger partial charge in [-0.1, -0.05) is 0 Å². The lowest BCUT2D eigenvalue weighted by atomic mass is 9.98. The Morgan fingerprint density at radius 3 is 2.88 bits per heavy atom. The molecule has 0 bridgehead atoms. The average molecular weight is 332 g/mol. The molecule has 2 aliphatic heterocycles. The molecule has 130 valence electrons. The second-order valence-corrected chi connectivity index (χ2v) is 6.21. The molecule has 0 saturated carbocycles. The zero-order chi connectivity index (χ0) is 16.8. The Labute approximate surface area is 141 Å². The van der Waals surface area contributed by atoms with E-state index < -0.39 is 0 Å². The highest BCUT2D eigenvalue weighted by molar-refractivity contribution is 5.83. The number of rotatable bonds is 6. The van der Waals surface area contributed by atoms with Crippen LogP contribution in [0.3, 0.4) is 0 Å². The van der Waals surface area contributed by atoms with Crippen LogP contribution >= 0.6 is 0 Å². The van der Waals surface area contributed by atoms with Crippen LogP contribution in [0.5, 0.6) is 0 Å². The summed E-state index contributed by atoms with van der Waals surface area (Å²) >= 11 is 0. The topological polar surface area (TPSA) is 99.3 Å². The summed E-state index contributed by atoms with van der Waals surface area (Å²) in [5, 5.41) is 8.84. The van der Waals surface area contributed by atoms with Crippen molar-refractivity contribution >= 4 is 23.5 Å². The van der Waals surface area contributed by atoms with Gasteiger partial charge in [-0.2, -0.15) is 0 Å². The van der Waals surface area contributed by atoms with Gasteiger partial charge in [-0.05, 0) is 19.3 Å². The fourth-order valence-electron chi connectivity index (χ4n) is 3.04. The number of hydrogen-bond donors (Lipinski definition) is 3. The monoisotopic (exact) mass is 332 g/mol. The summed E-state index contributed by atoms with van der Waals surface area (Å²) in [5.41, 5.74) is 0. The minimum atomic E-state index is -0.122. The lowest BCUT2D eigenvalue weighted by Gasteiger charge is -2.21. The molecule has 8 heteroatoms. The molecule has 0 aromatic carbocycles. The number of piperidine rings is 1. The molecule has 0 radical (unpaired) electrons. The molecule has 3 heterocycles. The molecule has 24 heavy (non-hydrogen) atoms. The van der Waals surface area contributed by atoms with Crippen molar-refractivity contribution < 1.29 is 9.59 Å². The maximum atomic E-state index is 12.0. The van der Waals surface area contributed by atoms with E-state index in [0.717, 1.165) is 24.7 Å². The van der Waals surface area contributed by atoms with E-state index in [9.17, 15) is 9.59 Å². The highest BCUT2D eigenvalue weighted by Crippen LogP contribution is 2.19. The lowest BCUT2D eigenvalue weighted by molar-refractivity contribution is -0.128. The van der Waals surface area contributed by atoms with E-state index in [1.165, 1.54) is 12.8 Å². The highest BCUT2D eigenvalue weighted by atomic mass is 16.2. The first kappa shape index (κ1) is 16.5. The summed E-state index contributed by atoms with van der Waals surface area (Å²) in [4.78, 5) is 33.9. The number of aromatic nitrogens is 2. The van der Waals surface area contributed by atoms with Crippen molar-refractivity contribution in [1.29, 1.82) is 0 Å². The minimum absolute atomic E-state index is 0.00255. The molecule has 2 aliphatic rings. The average Bonchev–Trinajstić information content (AvgIpc) is 3.14. The smallest absolute Gasteiger partial charge is 0.224 e. The van der Waals surface area contributed by atoms with Gasteiger partial charge in [0.1, 0.15) is 18.0 Å². The van der Waals surface area contributed by atoms with Gasteiger partial charge in [0.25, 0.3) is 0 Å². The second kappa shape index (κ2) is 7.94. The molecular weight excluding hydrogens is 308 g/mol. The van der Waals surface area contributed by atoms with Gasteiger partial charge in [0.05, 0.1) is 5.92 Å². The Bertz CT molecular complexity index is 578. The van der Waals surface area contributed by atoms with E-state index in [2.05, 4.69) is 30.8 Å². The summed E-state index contributed by atoms with van der Waals surface area (Å²) in [6.07, 6.45) is 5.03. The quantitative estimate of drug-likeness (QED) is 0.641. The standard InChI is InChI=1S/C16H24N6O2/c23-15-4-3-12(10-19-15)16(24)18-6-5-17-13-9-14(21-11-20-13)22-7-1-2-8-22/h9,11-12H,1-8,10H2,(H,18,24)(H,19,23)(H,17,20,21). The summed E-state index contributed by atoms with van der Waals surface area (Å²) in [5.74, 6) is 1.62. The van der Waals surface area contributed by atoms with Gasteiger partial charge >= 0.3 is 0 Å². The van der Waals surface area contributed by atoms with Crippen molar-refractivity contribution in [3.05, 3.63) is 12.4 Å². The van der Waals surface area contributed by atoms with Gasteiger partial charge < -0.3 is 20.9 Å². The van der Waals surface area contributed by atoms with E-state index >= 15 is 0 Å². The summed E-state index contributed by atoms with van der Waals surface area (Å²) in [7, 11) is 0. The van der Waals surface area contributed by atoms with Crippen LogP contribution in [0.15, 0.2) is 12.4 Å². The van der Waals surface area contributed by atoms with Crippen molar-refractivity contribution in [2.24, 2.45) is 5.92 Å². The molecule has 3 rings (SSSR count). The number of carbonyl (C=O) groups excluding carboxylic acids is 2. The van der Waals surface area contributed by atoms with Crippen molar-refractivity contribution in [2.75, 3.05) is 42.9 Å². The van der Waals surface area contributed by atoms with Crippen LogP contribution < -0.4 is 20.9 Å². The van der Waals surface area contributed by atoms with E-state index in [4.69, 9.17) is 0 Å². The third-order valence-corrected chi connectivity index (χ3v) is 4.45. The van der Waals surface area contributed by atoms with Crippen molar-refractivity contribution in [3.8, 4) is 0 Å². The number of nitrogens with one attached hydrogen (secondary N) is 3. The summed E-state index contributed by atoms with van der Waals surface area (Å²) in [6.45, 7) is 3.64. The molecule has 0 spiro atoms. The van der Waals surface area contributed by atoms with Gasteiger partial charge in [-0.15, -0.1) is 0 Å². The highest BCUT2D eigenvalue weighted by Gasteiger charge is 2.23. The number of amides is 2. The van der Waals surface area contributed by atoms with Crippen LogP contribution in [0.25, 0.3) is 0 Å². The van der Waals surface area contributed by atoms with Crippen molar-refractivity contribution in [3.63, 3.8) is 0 Å². The summed E-state index contributed by atoms with van der Waals surface area (Å²) < 4.78 is 0. The maximum Gasteiger partial charge on any atom is 0.224 e. The minimum Gasteiger partial charge on any atom is -0.368 e. The molecule has 0 aliphatic carbocycles. The van der Waals surface area contributed by atoms with Crippen LogP contribution in [-0.4, -0.2) is 54.5 Å². The predicted molar refractivity (Wildman–Crippen MR) is 90.7 cm³/mol. The van der Waals surface area contributed by atoms with E-state index in [1.807, 2.05) is 6.07 Å². The third-order valence-electron chi connectivity index (χ3n) is 4.45. The zero-order valence-electron chi connectivity index (χ0n) is 13.8. The fourth-order valence-corrected chi connectivity index (χ4v) is 3.04. The van der Waals surface area contributed by atoms with Crippen molar-refractivity contribution in [1.82, 2.24) is 20.6 Å². The largest absolute Gasteiger partial charge is 0.368 e. The van der Waals surface area contributed by atoms with Gasteiger partial charge in [-0.25, -0.2) is 9.97 Å². The molecular formula is C16H24N6O2. The number of carbonyl (C=O) groups is 2. The van der Waals surface area contributed by atoms with Crippen LogP contribution in [-0.2, 0) is 9.59 Å². The molecule has 8 nitrogen and oxygen atoms in total. The first-order valence-electron chi connectivity index (χ1n) is 8.57. The molecule has 2 fully saturated rings. The Morgan fingerprint density at radius 2 is 2.12 bits per heavy atom. The Balaban J connectivity index is 1.39. The van der Waals surface area contributed by atoms with Crippen LogP contribution in [0.2, 0.25) is 0 Å². The Hall–Kier alpha value is -2.38. The van der Waals surface area contributed by atoms with Crippen LogP contribution in [0.4, 0.5) is 11.6 Å². The molecule has 2 saturated heterocycles. The predicted octanol–water partition coefficient (Wildman–Crippen LogP) is 0.131. The van der Waals surface area contributed by atoms with Crippen molar-refractivity contribution in [2.45, 2.75) is 25.7 Å². The normalized spacial score (nSPS) is 20.6. The first-order valence-corrected chi connectivity index (χ1v) is 8.57. The Morgan fingerprint density at radius 1 is 1.29 bits per heavy atom. The number of anilines is 2. The first-order chi connectivity index (χ1) is 11.7. The molecule has 1 atom stereocenters. The summed E-state index contributed by atoms with van der Waals surface area (Å²) in [6, 6.07) is 1.95. The fraction of sp³-hybridized carbons (Fsp3) is 0.625. The molecule has 1 aromatic heterocycles. The second-order valence-electron chi connectivity index (χ2n) is 6.21. The SMILES string of the molecule is O=C1CCC(C(=O)NCCNc2cc(N3CCCC3)ncn2)CN1. The third kappa shape index (κ3) is 4.33. The van der Waals surface area contributed by atoms with Gasteiger partial charge in [-0.3, -0.25) is 9.59 Å². The van der Waals surface area contributed by atoms with E-state index in [0.29, 0.717) is 32.5 Å². The molecule has 3 N–H and O–H groups in total. The van der Waals surface area contributed by atoms with Gasteiger partial charge in [0, 0.05) is 45.2 Å². The number of hydrogen-bond acceptors (Lipinski definition) is 6. The van der Waals surface area contributed by atoms with E-state index in [1.54, 1.807) is 6.33 Å². The number of nitrogens with zero attached hydrogens (tertiary/aromatic N) is 3. The van der Waals surface area contributed by atoms with E-state index in [-0.39, 0.29) is 17.7 Å². The molecule has 1 unspecified atom stereocenters. The van der Waals surface area contributed by atoms with Gasteiger partial charge in [0.15, 0.2) is 0 Å². The van der Waals surface area contributed by atoms with Crippen LogP contribution in [0.1, 0.15) is 25.7 Å². The van der Waals surface area contributed by atoms with Gasteiger partial charge in [0.2, 0.25) is 11.8 Å². The lowest BCUT2D eigenvalue weighted by Crippen LogP contribution is -2.43. The molecule has 1 aromatic rings. The Kier molecular flexibility index (Phi) is 5.45. The molecule has 2 amide bonds. The zero-order valence-corrected chi connectivity index (χ0v) is 13.8. The maximum absolute atomic E-state index is 12.0. The van der Waals surface area contributed by atoms with Crippen LogP contribution in [0, 0.1) is 5.92 Å².